The minimum absolute atomic E-state index is 0.0359. The lowest BCUT2D eigenvalue weighted by Crippen LogP contribution is -2.10. The molecule has 0 aromatic carbocycles. The summed E-state index contributed by atoms with van der Waals surface area (Å²) in [6.07, 6.45) is 5.92. The van der Waals surface area contributed by atoms with E-state index in [0.29, 0.717) is 0 Å². The van der Waals surface area contributed by atoms with Gasteiger partial charge in [-0.25, -0.2) is 4.18 Å². The maximum absolute atomic E-state index is 9.48. The molecule has 0 atom stereocenters. The van der Waals surface area contributed by atoms with E-state index in [9.17, 15) is 8.42 Å². The Labute approximate surface area is 84.0 Å². The van der Waals surface area contributed by atoms with E-state index in [4.69, 9.17) is 9.66 Å². The van der Waals surface area contributed by atoms with Gasteiger partial charge in [0.15, 0.2) is 0 Å². The molecular weight excluding hydrogens is 210 g/mol. The van der Waals surface area contributed by atoms with Crippen LogP contribution >= 0.6 is 0 Å². The van der Waals surface area contributed by atoms with Crippen molar-refractivity contribution in [3.8, 4) is 0 Å². The fourth-order valence-corrected chi connectivity index (χ4v) is 1.34. The van der Waals surface area contributed by atoms with Crippen LogP contribution in [0.3, 0.4) is 0 Å². The van der Waals surface area contributed by atoms with E-state index in [0.717, 1.165) is 12.8 Å². The summed E-state index contributed by atoms with van der Waals surface area (Å²) >= 11 is 0. The highest BCUT2D eigenvalue weighted by molar-refractivity contribution is 7.80. The molecule has 1 aliphatic rings. The lowest BCUT2D eigenvalue weighted by Gasteiger charge is -2.14. The number of aliphatic hydroxyl groups is 1. The van der Waals surface area contributed by atoms with E-state index in [1.54, 1.807) is 0 Å². The minimum atomic E-state index is -4.30. The summed E-state index contributed by atoms with van der Waals surface area (Å²) in [5.74, 6) is 0. The molecule has 0 radical (unpaired) electrons. The Balaban J connectivity index is 0.000000241. The molecule has 0 saturated heterocycles. The zero-order valence-electron chi connectivity index (χ0n) is 7.92. The normalized spacial score (nSPS) is 18.5. The predicted octanol–water partition coefficient (Wildman–Crippen LogP) is 0.0334. The molecule has 0 aromatic rings. The summed E-state index contributed by atoms with van der Waals surface area (Å²) in [7, 11) is -4.30. The summed E-state index contributed by atoms with van der Waals surface area (Å²) in [4.78, 5) is 0. The van der Waals surface area contributed by atoms with E-state index in [1.807, 2.05) is 0 Å². The summed E-state index contributed by atoms with van der Waals surface area (Å²) in [6.45, 7) is -0.529. The third kappa shape index (κ3) is 9.87. The molecule has 7 heteroatoms. The third-order valence-corrected chi connectivity index (χ3v) is 2.23. The van der Waals surface area contributed by atoms with Crippen molar-refractivity contribution >= 4 is 10.4 Å². The summed E-state index contributed by atoms with van der Waals surface area (Å²) in [5, 5.41) is 8.91. The van der Waals surface area contributed by atoms with E-state index >= 15 is 0 Å². The van der Waals surface area contributed by atoms with Gasteiger partial charge in [0.2, 0.25) is 0 Å². The third-order valence-electron chi connectivity index (χ3n) is 1.79. The fraction of sp³-hybridized carbons (Fsp3) is 1.00. The molecule has 0 spiro atoms. The molecule has 0 aliphatic heterocycles. The highest BCUT2D eigenvalue weighted by atomic mass is 32.3. The molecule has 4 N–H and O–H groups in total. The second-order valence-electron chi connectivity index (χ2n) is 3.00. The first kappa shape index (κ1) is 13.8. The highest BCUT2D eigenvalue weighted by Crippen LogP contribution is 2.16. The van der Waals surface area contributed by atoms with Gasteiger partial charge >= 0.3 is 10.4 Å². The average Bonchev–Trinajstić information content (AvgIpc) is 2.04. The Hall–Kier alpha value is -0.210. The van der Waals surface area contributed by atoms with Gasteiger partial charge in [-0.05, 0) is 12.8 Å². The van der Waals surface area contributed by atoms with Crippen LogP contribution in [-0.2, 0) is 14.6 Å². The topological polar surface area (TPSA) is 110 Å². The Kier molecular flexibility index (Phi) is 7.02. The van der Waals surface area contributed by atoms with Gasteiger partial charge in [0.05, 0.1) is 6.10 Å². The summed E-state index contributed by atoms with van der Waals surface area (Å²) in [5.41, 5.74) is 4.55. The first-order valence-corrected chi connectivity index (χ1v) is 5.82. The molecule has 0 unspecified atom stereocenters. The number of rotatable bonds is 2. The van der Waals surface area contributed by atoms with Crippen LogP contribution in [0.2, 0.25) is 0 Å². The van der Waals surface area contributed by atoms with E-state index in [2.05, 4.69) is 9.92 Å². The van der Waals surface area contributed by atoms with Gasteiger partial charge in [-0.1, -0.05) is 19.3 Å². The molecule has 1 fully saturated rings. The molecular formula is C7H17NO5S. The molecule has 14 heavy (non-hydrogen) atoms. The molecule has 0 aromatic heterocycles. The predicted molar refractivity (Wildman–Crippen MR) is 50.8 cm³/mol. The molecule has 0 bridgehead atoms. The molecule has 1 rings (SSSR count). The summed E-state index contributed by atoms with van der Waals surface area (Å²) < 4.78 is 30.2. The molecule has 0 amide bonds. The van der Waals surface area contributed by atoms with Crippen LogP contribution in [0.1, 0.15) is 32.1 Å². The van der Waals surface area contributed by atoms with E-state index in [-0.39, 0.29) is 6.10 Å². The van der Waals surface area contributed by atoms with Gasteiger partial charge < -0.3 is 10.8 Å². The average molecular weight is 227 g/mol. The van der Waals surface area contributed by atoms with Crippen molar-refractivity contribution in [2.45, 2.75) is 38.2 Å². The van der Waals surface area contributed by atoms with Crippen LogP contribution in [0.15, 0.2) is 0 Å². The maximum Gasteiger partial charge on any atom is 0.398 e. The second-order valence-corrected chi connectivity index (χ2v) is 4.10. The quantitative estimate of drug-likeness (QED) is 0.453. The molecule has 1 saturated carbocycles. The Bertz CT molecular complexity index is 222. The van der Waals surface area contributed by atoms with Crippen LogP contribution in [0, 0.1) is 0 Å². The van der Waals surface area contributed by atoms with Gasteiger partial charge in [0.1, 0.15) is 6.73 Å². The fourth-order valence-electron chi connectivity index (χ4n) is 1.17. The first-order valence-electron chi connectivity index (χ1n) is 4.45. The SMILES string of the molecule is NCOS(=O)(=O)O.OC1CCCCC1. The standard InChI is InChI=1S/C6H12O.CH5NO4S/c7-6-4-2-1-3-5-6;2-1-6-7(3,4)5/h6-7H,1-5H2;1-2H2,(H,3,4,5). The molecule has 0 heterocycles. The van der Waals surface area contributed by atoms with Crippen LogP contribution in [0.5, 0.6) is 0 Å². The number of hydrogen-bond donors (Lipinski definition) is 3. The smallest absolute Gasteiger partial charge is 0.393 e. The van der Waals surface area contributed by atoms with E-state index in [1.165, 1.54) is 19.3 Å². The molecule has 1 aliphatic carbocycles. The lowest BCUT2D eigenvalue weighted by molar-refractivity contribution is 0.130. The van der Waals surface area contributed by atoms with Gasteiger partial charge in [-0.3, -0.25) is 4.55 Å². The van der Waals surface area contributed by atoms with Crippen molar-refractivity contribution in [1.82, 2.24) is 0 Å². The van der Waals surface area contributed by atoms with Crippen LogP contribution in [0.4, 0.5) is 0 Å². The number of aliphatic hydroxyl groups excluding tert-OH is 1. The van der Waals surface area contributed by atoms with Crippen LogP contribution in [0.25, 0.3) is 0 Å². The zero-order valence-corrected chi connectivity index (χ0v) is 8.74. The minimum Gasteiger partial charge on any atom is -0.393 e. The Morgan fingerprint density at radius 2 is 1.79 bits per heavy atom. The van der Waals surface area contributed by atoms with E-state index < -0.39 is 17.1 Å². The first-order chi connectivity index (χ1) is 6.45. The monoisotopic (exact) mass is 227 g/mol. The summed E-state index contributed by atoms with van der Waals surface area (Å²) in [6, 6.07) is 0. The lowest BCUT2D eigenvalue weighted by atomic mass is 9.98. The molecule has 6 nitrogen and oxygen atoms in total. The molecule has 86 valence electrons. The zero-order chi connectivity index (χ0) is 11.0. The van der Waals surface area contributed by atoms with Crippen molar-refractivity contribution in [2.24, 2.45) is 5.73 Å². The van der Waals surface area contributed by atoms with Gasteiger partial charge in [0.25, 0.3) is 0 Å². The van der Waals surface area contributed by atoms with Crippen molar-refractivity contribution in [1.29, 1.82) is 0 Å². The Morgan fingerprint density at radius 1 is 1.29 bits per heavy atom. The van der Waals surface area contributed by atoms with Crippen molar-refractivity contribution in [3.05, 3.63) is 0 Å². The largest absolute Gasteiger partial charge is 0.398 e. The van der Waals surface area contributed by atoms with Gasteiger partial charge in [-0.15, -0.1) is 0 Å². The Morgan fingerprint density at radius 3 is 1.93 bits per heavy atom. The van der Waals surface area contributed by atoms with Crippen LogP contribution < -0.4 is 5.73 Å². The highest BCUT2D eigenvalue weighted by Gasteiger charge is 2.07. The number of hydrogen-bond acceptors (Lipinski definition) is 5. The maximum atomic E-state index is 9.48. The van der Waals surface area contributed by atoms with Crippen molar-refractivity contribution in [3.63, 3.8) is 0 Å². The van der Waals surface area contributed by atoms with Crippen molar-refractivity contribution in [2.75, 3.05) is 6.73 Å². The van der Waals surface area contributed by atoms with Gasteiger partial charge in [-0.2, -0.15) is 8.42 Å². The van der Waals surface area contributed by atoms with Crippen LogP contribution in [-0.4, -0.2) is 30.9 Å². The van der Waals surface area contributed by atoms with Crippen molar-refractivity contribution < 1.29 is 22.3 Å². The number of nitrogens with two attached hydrogens (primary N) is 1. The second kappa shape index (κ2) is 7.13. The van der Waals surface area contributed by atoms with Gasteiger partial charge in [0, 0.05) is 0 Å².